The number of unbranched alkanes of at least 4 members (excludes halogenated alkanes) is 11. The van der Waals surface area contributed by atoms with Gasteiger partial charge in [-0.25, -0.2) is 4.79 Å². The van der Waals surface area contributed by atoms with Gasteiger partial charge in [0.2, 0.25) is 0 Å². The minimum atomic E-state index is -0.676. The fourth-order valence-corrected chi connectivity index (χ4v) is 4.50. The Labute approximate surface area is 176 Å². The van der Waals surface area contributed by atoms with Crippen molar-refractivity contribution in [3.63, 3.8) is 0 Å². The zero-order valence-corrected chi connectivity index (χ0v) is 19.9. The Bertz CT molecular complexity index is 421. The Hall–Kier alpha value is -0.830. The second kappa shape index (κ2) is 15.1. The maximum absolute atomic E-state index is 11.7. The summed E-state index contributed by atoms with van der Waals surface area (Å²) in [4.78, 5) is 11.7. The number of nitrogens with zero attached hydrogens (tertiary/aromatic N) is 1. The number of carbonyl (C=O) groups is 1. The predicted octanol–water partition coefficient (Wildman–Crippen LogP) is 7.21. The smallest absolute Gasteiger partial charge is 0.363 e. The lowest BCUT2D eigenvalue weighted by Gasteiger charge is -2.41. The highest BCUT2D eigenvalue weighted by atomic mass is 16.4. The first-order valence-electron chi connectivity index (χ1n) is 11.8. The van der Waals surface area contributed by atoms with Crippen molar-refractivity contribution in [3.8, 4) is 0 Å². The summed E-state index contributed by atoms with van der Waals surface area (Å²) in [6, 6.07) is -0.357. The van der Waals surface area contributed by atoms with Gasteiger partial charge in [0.15, 0.2) is 6.04 Å². The summed E-state index contributed by atoms with van der Waals surface area (Å²) in [7, 11) is 5.96. The van der Waals surface area contributed by atoms with E-state index >= 15 is 0 Å². The summed E-state index contributed by atoms with van der Waals surface area (Å²) >= 11 is 0. The SMILES string of the molecule is CCCCCCCCC=CCCCCCCCC(C)(C)C(C(=O)O)[N+](C)(C)C. The fraction of sp³-hybridized carbons (Fsp3) is 0.880. The molecule has 0 aromatic rings. The van der Waals surface area contributed by atoms with E-state index in [2.05, 4.69) is 32.9 Å². The molecule has 0 aromatic heterocycles. The maximum Gasteiger partial charge on any atom is 0.363 e. The third-order valence-electron chi connectivity index (χ3n) is 5.83. The molecular weight excluding hydrogens is 346 g/mol. The number of allylic oxidation sites excluding steroid dienone is 2. The number of likely N-dealkylation sites (N-methyl/N-ethyl adjacent to an activating group) is 1. The average Bonchev–Trinajstić information content (AvgIpc) is 2.56. The van der Waals surface area contributed by atoms with Crippen LogP contribution in [-0.2, 0) is 4.79 Å². The Balaban J connectivity index is 3.73. The van der Waals surface area contributed by atoms with Crippen molar-refractivity contribution in [1.82, 2.24) is 0 Å². The Morgan fingerprint density at radius 2 is 1.25 bits per heavy atom. The second-order valence-corrected chi connectivity index (χ2v) is 10.2. The van der Waals surface area contributed by atoms with Gasteiger partial charge in [-0.2, -0.15) is 0 Å². The van der Waals surface area contributed by atoms with Gasteiger partial charge in [-0.15, -0.1) is 0 Å². The first-order chi connectivity index (χ1) is 13.1. The van der Waals surface area contributed by atoms with Crippen molar-refractivity contribution >= 4 is 5.97 Å². The van der Waals surface area contributed by atoms with E-state index in [1.165, 1.54) is 77.0 Å². The molecule has 0 spiro atoms. The Morgan fingerprint density at radius 1 is 0.821 bits per heavy atom. The lowest BCUT2D eigenvalue weighted by atomic mass is 9.78. The number of carboxylic acids is 1. The topological polar surface area (TPSA) is 37.3 Å². The number of hydrogen-bond donors (Lipinski definition) is 1. The molecule has 1 atom stereocenters. The van der Waals surface area contributed by atoms with Gasteiger partial charge in [-0.3, -0.25) is 0 Å². The van der Waals surface area contributed by atoms with Crippen molar-refractivity contribution in [2.24, 2.45) is 5.41 Å². The highest BCUT2D eigenvalue weighted by molar-refractivity contribution is 5.73. The third-order valence-corrected chi connectivity index (χ3v) is 5.83. The van der Waals surface area contributed by atoms with Crippen LogP contribution in [0.4, 0.5) is 0 Å². The lowest BCUT2D eigenvalue weighted by molar-refractivity contribution is -0.894. The van der Waals surface area contributed by atoms with Crippen molar-refractivity contribution in [1.29, 1.82) is 0 Å². The van der Waals surface area contributed by atoms with E-state index in [1.54, 1.807) is 0 Å². The molecule has 1 N–H and O–H groups in total. The first kappa shape index (κ1) is 27.2. The fourth-order valence-electron chi connectivity index (χ4n) is 4.50. The molecule has 0 fully saturated rings. The molecule has 0 aliphatic rings. The van der Waals surface area contributed by atoms with Crippen LogP contribution in [-0.4, -0.2) is 42.7 Å². The monoisotopic (exact) mass is 396 g/mol. The number of carboxylic acid groups (broad SMARTS) is 1. The van der Waals surface area contributed by atoms with Crippen molar-refractivity contribution in [2.45, 2.75) is 117 Å². The molecule has 3 nitrogen and oxygen atoms in total. The van der Waals surface area contributed by atoms with E-state index in [0.29, 0.717) is 4.48 Å². The highest BCUT2D eigenvalue weighted by Crippen LogP contribution is 2.33. The molecule has 3 heteroatoms. The molecule has 0 heterocycles. The van der Waals surface area contributed by atoms with E-state index in [9.17, 15) is 9.90 Å². The van der Waals surface area contributed by atoms with E-state index < -0.39 is 5.97 Å². The molecule has 28 heavy (non-hydrogen) atoms. The Morgan fingerprint density at radius 3 is 1.68 bits per heavy atom. The van der Waals surface area contributed by atoms with Gasteiger partial charge < -0.3 is 9.59 Å². The standard InChI is InChI=1S/C25H49NO2/c1-7-8-9-10-11-12-13-14-15-16-17-18-19-20-21-22-25(2,3)23(24(27)28)26(4,5)6/h14-15,23H,7-13,16-22H2,1-6H3/p+1. The van der Waals surface area contributed by atoms with Crippen LogP contribution in [0.25, 0.3) is 0 Å². The van der Waals surface area contributed by atoms with Crippen molar-refractivity contribution in [3.05, 3.63) is 12.2 Å². The minimum Gasteiger partial charge on any atom is -0.477 e. The summed E-state index contributed by atoms with van der Waals surface area (Å²) < 4.78 is 0.480. The number of hydrogen-bond acceptors (Lipinski definition) is 1. The van der Waals surface area contributed by atoms with E-state index in [4.69, 9.17) is 0 Å². The lowest BCUT2D eigenvalue weighted by Crippen LogP contribution is -2.57. The van der Waals surface area contributed by atoms with Gasteiger partial charge in [0.05, 0.1) is 21.1 Å². The molecule has 0 rings (SSSR count). The molecule has 0 aromatic carbocycles. The van der Waals surface area contributed by atoms with Crippen molar-refractivity contribution in [2.75, 3.05) is 21.1 Å². The van der Waals surface area contributed by atoms with E-state index in [1.807, 2.05) is 21.1 Å². The highest BCUT2D eigenvalue weighted by Gasteiger charge is 2.44. The number of aliphatic carboxylic acids is 1. The Kier molecular flexibility index (Phi) is 14.6. The van der Waals surface area contributed by atoms with Crippen molar-refractivity contribution < 1.29 is 14.4 Å². The van der Waals surface area contributed by atoms with Crippen LogP contribution >= 0.6 is 0 Å². The van der Waals surface area contributed by atoms with Crippen LogP contribution < -0.4 is 0 Å². The summed E-state index contributed by atoms with van der Waals surface area (Å²) in [5.74, 6) is -0.676. The quantitative estimate of drug-likeness (QED) is 0.151. The van der Waals surface area contributed by atoms with Gasteiger partial charge in [-0.1, -0.05) is 90.7 Å². The predicted molar refractivity (Wildman–Crippen MR) is 123 cm³/mol. The zero-order chi connectivity index (χ0) is 21.5. The number of rotatable bonds is 18. The molecule has 0 saturated heterocycles. The zero-order valence-electron chi connectivity index (χ0n) is 19.9. The van der Waals surface area contributed by atoms with E-state index in [-0.39, 0.29) is 11.5 Å². The van der Waals surface area contributed by atoms with Gasteiger partial charge in [-0.05, 0) is 32.1 Å². The minimum absolute atomic E-state index is 0.177. The molecule has 0 aliphatic carbocycles. The van der Waals surface area contributed by atoms with Gasteiger partial charge in [0, 0.05) is 5.41 Å². The summed E-state index contributed by atoms with van der Waals surface area (Å²) in [6.45, 7) is 6.50. The summed E-state index contributed by atoms with van der Waals surface area (Å²) in [5, 5.41) is 9.65. The molecule has 0 radical (unpaired) electrons. The third kappa shape index (κ3) is 13.4. The van der Waals surface area contributed by atoms with Gasteiger partial charge >= 0.3 is 5.97 Å². The summed E-state index contributed by atoms with van der Waals surface area (Å²) in [5.41, 5.74) is -0.177. The molecule has 0 amide bonds. The van der Waals surface area contributed by atoms with Crippen LogP contribution in [0, 0.1) is 5.41 Å². The number of quaternary nitrogens is 1. The van der Waals surface area contributed by atoms with Crippen LogP contribution in [0.2, 0.25) is 0 Å². The molecule has 166 valence electrons. The molecule has 1 unspecified atom stereocenters. The average molecular weight is 397 g/mol. The van der Waals surface area contributed by atoms with Crippen LogP contribution in [0.5, 0.6) is 0 Å². The molecule has 0 bridgehead atoms. The van der Waals surface area contributed by atoms with Gasteiger partial charge in [0.1, 0.15) is 0 Å². The maximum atomic E-state index is 11.7. The summed E-state index contributed by atoms with van der Waals surface area (Å²) in [6.07, 6.45) is 22.6. The molecule has 0 aliphatic heterocycles. The largest absolute Gasteiger partial charge is 0.477 e. The molecule has 0 saturated carbocycles. The second-order valence-electron chi connectivity index (χ2n) is 10.2. The first-order valence-corrected chi connectivity index (χ1v) is 11.8. The normalized spacial score (nSPS) is 13.9. The van der Waals surface area contributed by atoms with Crippen LogP contribution in [0.15, 0.2) is 12.2 Å². The molecular formula is C25H50NO2+. The van der Waals surface area contributed by atoms with Crippen LogP contribution in [0.1, 0.15) is 111 Å². The van der Waals surface area contributed by atoms with E-state index in [0.717, 1.165) is 12.8 Å². The van der Waals surface area contributed by atoms with Gasteiger partial charge in [0.25, 0.3) is 0 Å². The van der Waals surface area contributed by atoms with Crippen LogP contribution in [0.3, 0.4) is 0 Å².